The van der Waals surface area contributed by atoms with Crippen molar-refractivity contribution in [3.63, 3.8) is 0 Å². The van der Waals surface area contributed by atoms with E-state index in [9.17, 15) is 14.7 Å². The third kappa shape index (κ3) is 7.66. The topological polar surface area (TPSA) is 76.1 Å². The van der Waals surface area contributed by atoms with Crippen LogP contribution in [-0.4, -0.2) is 83.2 Å². The average molecular weight is 595 g/mol. The minimum absolute atomic E-state index is 0.0195. The number of carboxylic acids is 1. The molecule has 0 unspecified atom stereocenters. The molecule has 0 spiro atoms. The quantitative estimate of drug-likeness (QED) is 0.348. The van der Waals surface area contributed by atoms with E-state index in [4.69, 9.17) is 11.6 Å². The molecule has 2 saturated heterocycles. The first-order valence-corrected chi connectivity index (χ1v) is 16.3. The Morgan fingerprint density at radius 3 is 2.40 bits per heavy atom. The van der Waals surface area contributed by atoms with Crippen molar-refractivity contribution in [3.8, 4) is 0 Å². The van der Waals surface area contributed by atoms with Crippen LogP contribution in [-0.2, 0) is 11.3 Å². The molecule has 228 valence electrons. The van der Waals surface area contributed by atoms with Gasteiger partial charge in [0.2, 0.25) is 0 Å². The second-order valence-electron chi connectivity index (χ2n) is 12.5. The van der Waals surface area contributed by atoms with E-state index in [1.54, 1.807) is 0 Å². The fourth-order valence-electron chi connectivity index (χ4n) is 7.74. The van der Waals surface area contributed by atoms with E-state index in [0.29, 0.717) is 29.9 Å². The van der Waals surface area contributed by atoms with Crippen molar-refractivity contribution in [1.29, 1.82) is 0 Å². The van der Waals surface area contributed by atoms with Crippen LogP contribution >= 0.6 is 11.6 Å². The van der Waals surface area contributed by atoms with Gasteiger partial charge >= 0.3 is 12.0 Å². The van der Waals surface area contributed by atoms with E-state index >= 15 is 0 Å². The molecule has 7 nitrogen and oxygen atoms in total. The second kappa shape index (κ2) is 14.7. The molecule has 2 aromatic carbocycles. The van der Waals surface area contributed by atoms with Crippen molar-refractivity contribution in [2.45, 2.75) is 76.4 Å². The van der Waals surface area contributed by atoms with Crippen LogP contribution in [0.15, 0.2) is 54.6 Å². The van der Waals surface area contributed by atoms with E-state index < -0.39 is 5.97 Å². The van der Waals surface area contributed by atoms with E-state index in [1.165, 1.54) is 12.0 Å². The summed E-state index contributed by atoms with van der Waals surface area (Å²) in [5.41, 5.74) is 2.31. The molecule has 1 aliphatic carbocycles. The van der Waals surface area contributed by atoms with Crippen molar-refractivity contribution in [3.05, 3.63) is 70.7 Å². The Morgan fingerprint density at radius 2 is 1.74 bits per heavy atom. The summed E-state index contributed by atoms with van der Waals surface area (Å²) in [6.45, 7) is 7.71. The van der Waals surface area contributed by atoms with Crippen molar-refractivity contribution < 1.29 is 14.7 Å². The lowest BCUT2D eigenvalue weighted by atomic mass is 9.83. The predicted octanol–water partition coefficient (Wildman–Crippen LogP) is 6.09. The summed E-state index contributed by atoms with van der Waals surface area (Å²) in [4.78, 5) is 32.5. The lowest BCUT2D eigenvalue weighted by Gasteiger charge is -2.39. The molecule has 2 aliphatic heterocycles. The van der Waals surface area contributed by atoms with E-state index in [1.807, 2.05) is 36.1 Å². The molecule has 8 heteroatoms. The number of carbonyl (C=O) groups is 2. The second-order valence-corrected chi connectivity index (χ2v) is 13.0. The number of aliphatic carboxylic acids is 1. The highest BCUT2D eigenvalue weighted by Gasteiger charge is 2.43. The van der Waals surface area contributed by atoms with Crippen LogP contribution in [0.4, 0.5) is 4.79 Å². The van der Waals surface area contributed by atoms with Gasteiger partial charge in [-0.2, -0.15) is 0 Å². The van der Waals surface area contributed by atoms with Gasteiger partial charge in [0.05, 0.1) is 0 Å². The van der Waals surface area contributed by atoms with Crippen molar-refractivity contribution in [1.82, 2.24) is 20.0 Å². The molecule has 3 aliphatic rings. The fourth-order valence-corrected chi connectivity index (χ4v) is 7.95. The Kier molecular flexibility index (Phi) is 10.8. The standard InChI is InChI=1S/C34H47ClN4O3/c1-2-39(34(42)36-21-25-10-9-15-29(35)20-25)30-16-18-37(19-17-30)22-28-23-38(24-31(28)26-11-5-3-6-12-26)32(33(40)41)27-13-7-4-8-14-27/h3,5-6,9-12,15,20,27-28,30-32H,2,4,7-8,13-14,16-19,21-24H2,1H3,(H,36,42)(H,40,41)/t28-,31+,32+/m0/s1. The van der Waals surface area contributed by atoms with Gasteiger partial charge in [-0.1, -0.05) is 73.3 Å². The number of urea groups is 1. The van der Waals surface area contributed by atoms with Crippen molar-refractivity contribution in [2.75, 3.05) is 39.3 Å². The number of hydrogen-bond donors (Lipinski definition) is 2. The number of likely N-dealkylation sites (tertiary alicyclic amines) is 2. The van der Waals surface area contributed by atoms with Crippen LogP contribution in [0.2, 0.25) is 5.02 Å². The summed E-state index contributed by atoms with van der Waals surface area (Å²) in [6.07, 6.45) is 7.49. The zero-order valence-corrected chi connectivity index (χ0v) is 25.7. The normalized spacial score (nSPS) is 23.5. The van der Waals surface area contributed by atoms with Crippen molar-refractivity contribution >= 4 is 23.6 Å². The smallest absolute Gasteiger partial charge is 0.321 e. The van der Waals surface area contributed by atoms with Crippen LogP contribution in [0, 0.1) is 11.8 Å². The lowest BCUT2D eigenvalue weighted by Crippen LogP contribution is -2.51. The summed E-state index contributed by atoms with van der Waals surface area (Å²) in [5, 5.41) is 14.1. The van der Waals surface area contributed by atoms with E-state index in [0.717, 1.165) is 76.8 Å². The number of carbonyl (C=O) groups excluding carboxylic acids is 1. The Balaban J connectivity index is 1.19. The highest BCUT2D eigenvalue weighted by Crippen LogP contribution is 2.38. The number of rotatable bonds is 10. The zero-order valence-electron chi connectivity index (χ0n) is 25.0. The highest BCUT2D eigenvalue weighted by molar-refractivity contribution is 6.30. The third-order valence-corrected chi connectivity index (χ3v) is 10.1. The van der Waals surface area contributed by atoms with Gasteiger partial charge in [0, 0.05) is 62.8 Å². The van der Waals surface area contributed by atoms with Gasteiger partial charge in [-0.3, -0.25) is 9.69 Å². The van der Waals surface area contributed by atoms with Gasteiger partial charge in [0.15, 0.2) is 0 Å². The molecule has 2 amide bonds. The van der Waals surface area contributed by atoms with Gasteiger partial charge in [0.25, 0.3) is 0 Å². The fraction of sp³-hybridized carbons (Fsp3) is 0.588. The third-order valence-electron chi connectivity index (χ3n) is 9.86. The average Bonchev–Trinajstić information content (AvgIpc) is 3.41. The Hall–Kier alpha value is -2.61. The van der Waals surface area contributed by atoms with Gasteiger partial charge in [-0.05, 0) is 67.7 Å². The summed E-state index contributed by atoms with van der Waals surface area (Å²) in [5.74, 6) is 0.326. The Labute approximate surface area is 256 Å². The first kappa shape index (κ1) is 30.8. The molecule has 0 aromatic heterocycles. The van der Waals surface area contributed by atoms with E-state index in [2.05, 4.69) is 45.4 Å². The monoisotopic (exact) mass is 594 g/mol. The summed E-state index contributed by atoms with van der Waals surface area (Å²) < 4.78 is 0. The number of hydrogen-bond acceptors (Lipinski definition) is 4. The first-order valence-electron chi connectivity index (χ1n) is 16.0. The maximum Gasteiger partial charge on any atom is 0.321 e. The zero-order chi connectivity index (χ0) is 29.5. The van der Waals surface area contributed by atoms with Crippen LogP contribution in [0.25, 0.3) is 0 Å². The first-order chi connectivity index (χ1) is 20.4. The number of benzene rings is 2. The molecule has 42 heavy (non-hydrogen) atoms. The van der Waals surface area contributed by atoms with Gasteiger partial charge in [0.1, 0.15) is 6.04 Å². The molecule has 0 bridgehead atoms. The minimum Gasteiger partial charge on any atom is -0.480 e. The summed E-state index contributed by atoms with van der Waals surface area (Å²) in [6, 6.07) is 18.1. The molecule has 5 rings (SSSR count). The number of nitrogens with one attached hydrogen (secondary N) is 1. The van der Waals surface area contributed by atoms with Gasteiger partial charge in [-0.25, -0.2) is 4.79 Å². The number of carboxylic acid groups (broad SMARTS) is 1. The molecule has 0 radical (unpaired) electrons. The molecule has 2 N–H and O–H groups in total. The highest BCUT2D eigenvalue weighted by atomic mass is 35.5. The molecule has 1 saturated carbocycles. The number of halogens is 1. The number of piperidine rings is 1. The molecule has 2 heterocycles. The van der Waals surface area contributed by atoms with Crippen LogP contribution in [0.3, 0.4) is 0 Å². The molecular formula is C34H47ClN4O3. The molecule has 3 fully saturated rings. The Bertz CT molecular complexity index is 1170. The largest absolute Gasteiger partial charge is 0.480 e. The SMILES string of the molecule is CCN(C(=O)NCc1cccc(Cl)c1)C1CCN(C[C@H]2CN([C@@H](C(=O)O)C3CCCCC3)C[C@@H]2c2ccccc2)CC1. The van der Waals surface area contributed by atoms with Crippen LogP contribution in [0.5, 0.6) is 0 Å². The van der Waals surface area contributed by atoms with Gasteiger partial charge in [-0.15, -0.1) is 0 Å². The molecule has 3 atom stereocenters. The van der Waals surface area contributed by atoms with Gasteiger partial charge < -0.3 is 20.2 Å². The molecule has 2 aromatic rings. The minimum atomic E-state index is -0.650. The molecular weight excluding hydrogens is 548 g/mol. The van der Waals surface area contributed by atoms with Crippen LogP contribution < -0.4 is 5.32 Å². The predicted molar refractivity (Wildman–Crippen MR) is 168 cm³/mol. The van der Waals surface area contributed by atoms with E-state index in [-0.39, 0.29) is 24.0 Å². The Morgan fingerprint density at radius 1 is 1.00 bits per heavy atom. The summed E-state index contributed by atoms with van der Waals surface area (Å²) in [7, 11) is 0. The summed E-state index contributed by atoms with van der Waals surface area (Å²) >= 11 is 6.11. The van der Waals surface area contributed by atoms with Crippen LogP contribution in [0.1, 0.15) is 68.9 Å². The maximum atomic E-state index is 13.1. The number of amides is 2. The van der Waals surface area contributed by atoms with Crippen molar-refractivity contribution in [2.24, 2.45) is 11.8 Å². The maximum absolute atomic E-state index is 13.1. The lowest BCUT2D eigenvalue weighted by molar-refractivity contribution is -0.145. The number of nitrogens with zero attached hydrogens (tertiary/aromatic N) is 3.